The summed E-state index contributed by atoms with van der Waals surface area (Å²) in [7, 11) is -0.985. The van der Waals surface area contributed by atoms with Crippen molar-refractivity contribution in [1.29, 1.82) is 0 Å². The maximum atomic E-state index is 13.3. The van der Waals surface area contributed by atoms with E-state index in [-0.39, 0.29) is 10.6 Å². The van der Waals surface area contributed by atoms with Crippen LogP contribution in [-0.4, -0.2) is 32.4 Å². The van der Waals surface area contributed by atoms with E-state index in [1.54, 1.807) is 47.3 Å². The van der Waals surface area contributed by atoms with Crippen molar-refractivity contribution in [2.45, 2.75) is 11.8 Å². The first-order valence-electron chi connectivity index (χ1n) is 9.89. The summed E-state index contributed by atoms with van der Waals surface area (Å²) in [6.07, 6.45) is 1.67. The van der Waals surface area contributed by atoms with Crippen LogP contribution in [0.25, 0.3) is 16.9 Å². The number of hydrogen-bond acceptors (Lipinski definition) is 5. The van der Waals surface area contributed by atoms with Gasteiger partial charge in [0.05, 0.1) is 31.8 Å². The van der Waals surface area contributed by atoms with Crippen molar-refractivity contribution in [3.05, 3.63) is 84.6 Å². The standard InChI is InChI=1S/C24H23N3O4S/c1-17-9-7-8-12-20(17)27-21(13-14-25-27)19-15-24(23(31-3)16-22(19)30-2)32(28,29)26-18-10-5-4-6-11-18/h4-16,26H,1-3H3. The van der Waals surface area contributed by atoms with E-state index >= 15 is 0 Å². The van der Waals surface area contributed by atoms with E-state index in [1.807, 2.05) is 43.3 Å². The molecule has 8 heteroatoms. The van der Waals surface area contributed by atoms with Crippen LogP contribution in [0.5, 0.6) is 11.5 Å². The van der Waals surface area contributed by atoms with Gasteiger partial charge >= 0.3 is 0 Å². The molecule has 1 N–H and O–H groups in total. The lowest BCUT2D eigenvalue weighted by atomic mass is 10.1. The summed E-state index contributed by atoms with van der Waals surface area (Å²) >= 11 is 0. The molecule has 0 saturated heterocycles. The molecule has 0 radical (unpaired) electrons. The molecule has 1 aromatic heterocycles. The minimum absolute atomic E-state index is 0.00260. The number of para-hydroxylation sites is 2. The van der Waals surface area contributed by atoms with Gasteiger partial charge < -0.3 is 9.47 Å². The van der Waals surface area contributed by atoms with Crippen LogP contribution in [-0.2, 0) is 10.0 Å². The Morgan fingerprint density at radius 2 is 1.56 bits per heavy atom. The van der Waals surface area contributed by atoms with E-state index in [2.05, 4.69) is 9.82 Å². The molecule has 4 rings (SSSR count). The molecule has 0 aliphatic heterocycles. The van der Waals surface area contributed by atoms with Gasteiger partial charge in [0, 0.05) is 17.3 Å². The Labute approximate surface area is 187 Å². The van der Waals surface area contributed by atoms with Crippen molar-refractivity contribution < 1.29 is 17.9 Å². The third kappa shape index (κ3) is 4.04. The maximum absolute atomic E-state index is 13.3. The zero-order valence-corrected chi connectivity index (χ0v) is 18.8. The summed E-state index contributed by atoms with van der Waals surface area (Å²) in [6.45, 7) is 1.99. The molecule has 0 aliphatic carbocycles. The zero-order valence-electron chi connectivity index (χ0n) is 17.9. The lowest BCUT2D eigenvalue weighted by Gasteiger charge is -2.17. The summed E-state index contributed by atoms with van der Waals surface area (Å²) in [6, 6.07) is 21.5. The molecular weight excluding hydrogens is 426 g/mol. The smallest absolute Gasteiger partial charge is 0.265 e. The fraction of sp³-hybridized carbons (Fsp3) is 0.125. The number of methoxy groups -OCH3 is 2. The Morgan fingerprint density at radius 1 is 0.875 bits per heavy atom. The molecule has 7 nitrogen and oxygen atoms in total. The monoisotopic (exact) mass is 449 g/mol. The van der Waals surface area contributed by atoms with E-state index < -0.39 is 10.0 Å². The minimum atomic E-state index is -3.94. The second-order valence-electron chi connectivity index (χ2n) is 7.09. The Morgan fingerprint density at radius 3 is 2.25 bits per heavy atom. The van der Waals surface area contributed by atoms with Crippen LogP contribution in [0, 0.1) is 6.92 Å². The van der Waals surface area contributed by atoms with Gasteiger partial charge in [0.15, 0.2) is 0 Å². The lowest BCUT2D eigenvalue weighted by molar-refractivity contribution is 0.387. The van der Waals surface area contributed by atoms with E-state index in [4.69, 9.17) is 9.47 Å². The number of ether oxygens (including phenoxy) is 2. The molecule has 1 heterocycles. The number of nitrogens with zero attached hydrogens (tertiary/aromatic N) is 2. The normalized spacial score (nSPS) is 11.2. The van der Waals surface area contributed by atoms with Gasteiger partial charge in [-0.05, 0) is 42.8 Å². The molecule has 0 aliphatic rings. The first-order chi connectivity index (χ1) is 15.4. The Kier molecular flexibility index (Phi) is 5.87. The molecule has 32 heavy (non-hydrogen) atoms. The van der Waals surface area contributed by atoms with Gasteiger partial charge in [-0.3, -0.25) is 4.72 Å². The third-order valence-electron chi connectivity index (χ3n) is 5.06. The molecule has 0 amide bonds. The summed E-state index contributed by atoms with van der Waals surface area (Å²) in [5, 5.41) is 4.47. The van der Waals surface area contributed by atoms with Crippen LogP contribution in [0.3, 0.4) is 0 Å². The van der Waals surface area contributed by atoms with Crippen molar-refractivity contribution in [3.63, 3.8) is 0 Å². The predicted molar refractivity (Wildman–Crippen MR) is 124 cm³/mol. The highest BCUT2D eigenvalue weighted by Crippen LogP contribution is 2.39. The number of nitrogens with one attached hydrogen (secondary N) is 1. The molecule has 0 fully saturated rings. The molecule has 3 aromatic carbocycles. The lowest BCUT2D eigenvalue weighted by Crippen LogP contribution is -2.14. The van der Waals surface area contributed by atoms with Crippen LogP contribution in [0.4, 0.5) is 5.69 Å². The summed E-state index contributed by atoms with van der Waals surface area (Å²) in [5.74, 6) is 0.645. The van der Waals surface area contributed by atoms with Gasteiger partial charge in [0.1, 0.15) is 16.4 Å². The van der Waals surface area contributed by atoms with E-state index in [0.29, 0.717) is 22.7 Å². The highest BCUT2D eigenvalue weighted by molar-refractivity contribution is 7.92. The van der Waals surface area contributed by atoms with Crippen molar-refractivity contribution in [2.75, 3.05) is 18.9 Å². The summed E-state index contributed by atoms with van der Waals surface area (Å²) in [4.78, 5) is -0.00260. The molecule has 0 spiro atoms. The number of anilines is 1. The van der Waals surface area contributed by atoms with Gasteiger partial charge in [-0.1, -0.05) is 36.4 Å². The van der Waals surface area contributed by atoms with Crippen LogP contribution in [0.2, 0.25) is 0 Å². The van der Waals surface area contributed by atoms with Crippen LogP contribution in [0.15, 0.2) is 83.9 Å². The second kappa shape index (κ2) is 8.76. The molecule has 0 bridgehead atoms. The summed E-state index contributed by atoms with van der Waals surface area (Å²) in [5.41, 5.74) is 3.63. The highest BCUT2D eigenvalue weighted by atomic mass is 32.2. The van der Waals surface area contributed by atoms with Crippen LogP contribution < -0.4 is 14.2 Å². The Hall–Kier alpha value is -3.78. The van der Waals surface area contributed by atoms with E-state index in [0.717, 1.165) is 11.3 Å². The second-order valence-corrected chi connectivity index (χ2v) is 8.74. The quantitative estimate of drug-likeness (QED) is 0.444. The largest absolute Gasteiger partial charge is 0.496 e. The number of rotatable bonds is 7. The average Bonchev–Trinajstić information content (AvgIpc) is 3.28. The van der Waals surface area contributed by atoms with Gasteiger partial charge in [-0.25, -0.2) is 13.1 Å². The average molecular weight is 450 g/mol. The predicted octanol–water partition coefficient (Wildman–Crippen LogP) is 4.67. The van der Waals surface area contributed by atoms with Crippen molar-refractivity contribution in [3.8, 4) is 28.4 Å². The van der Waals surface area contributed by atoms with Crippen LogP contribution in [0.1, 0.15) is 5.56 Å². The fourth-order valence-electron chi connectivity index (χ4n) is 3.50. The summed E-state index contributed by atoms with van der Waals surface area (Å²) < 4.78 is 41.9. The maximum Gasteiger partial charge on any atom is 0.265 e. The topological polar surface area (TPSA) is 82.4 Å². The Bertz CT molecular complexity index is 1350. The van der Waals surface area contributed by atoms with Crippen molar-refractivity contribution >= 4 is 15.7 Å². The number of hydrogen-bond donors (Lipinski definition) is 1. The van der Waals surface area contributed by atoms with Crippen LogP contribution >= 0.6 is 0 Å². The zero-order chi connectivity index (χ0) is 22.7. The first-order valence-corrected chi connectivity index (χ1v) is 11.4. The molecule has 0 saturated carbocycles. The number of benzene rings is 3. The fourth-order valence-corrected chi connectivity index (χ4v) is 4.73. The van der Waals surface area contributed by atoms with Gasteiger partial charge in [-0.2, -0.15) is 5.10 Å². The van der Waals surface area contributed by atoms with Crippen molar-refractivity contribution in [2.24, 2.45) is 0 Å². The van der Waals surface area contributed by atoms with Crippen molar-refractivity contribution in [1.82, 2.24) is 9.78 Å². The van der Waals surface area contributed by atoms with E-state index in [9.17, 15) is 8.42 Å². The minimum Gasteiger partial charge on any atom is -0.496 e. The molecule has 0 unspecified atom stereocenters. The SMILES string of the molecule is COc1cc(OC)c(S(=O)(=O)Nc2ccccc2)cc1-c1ccnn1-c1ccccc1C. The molecule has 0 atom stereocenters. The first kappa shape index (κ1) is 21.5. The van der Waals surface area contributed by atoms with Gasteiger partial charge in [0.2, 0.25) is 0 Å². The highest BCUT2D eigenvalue weighted by Gasteiger charge is 2.25. The van der Waals surface area contributed by atoms with Gasteiger partial charge in [0.25, 0.3) is 10.0 Å². The number of aryl methyl sites for hydroxylation is 1. The Balaban J connectivity index is 1.89. The van der Waals surface area contributed by atoms with Gasteiger partial charge in [-0.15, -0.1) is 0 Å². The number of aromatic nitrogens is 2. The molecular formula is C24H23N3O4S. The third-order valence-corrected chi connectivity index (χ3v) is 6.47. The molecule has 164 valence electrons. The molecule has 4 aromatic rings. The van der Waals surface area contributed by atoms with E-state index in [1.165, 1.54) is 14.2 Å². The number of sulfonamides is 1.